The van der Waals surface area contributed by atoms with Crippen LogP contribution >= 0.6 is 15.9 Å². The van der Waals surface area contributed by atoms with Crippen molar-refractivity contribution in [2.45, 2.75) is 32.1 Å². The maximum atomic E-state index is 12.2. The van der Waals surface area contributed by atoms with Crippen LogP contribution in [0.1, 0.15) is 31.2 Å². The first-order chi connectivity index (χ1) is 8.69. The van der Waals surface area contributed by atoms with E-state index in [0.29, 0.717) is 18.1 Å². The first kappa shape index (κ1) is 13.7. The van der Waals surface area contributed by atoms with Gasteiger partial charge in [0.05, 0.1) is 0 Å². The third-order valence-corrected chi connectivity index (χ3v) is 4.21. The Labute approximate surface area is 116 Å². The number of nitrogens with zero attached hydrogens (tertiary/aromatic N) is 1. The number of halogens is 1. The fourth-order valence-corrected chi connectivity index (χ4v) is 3.03. The highest BCUT2D eigenvalue weighted by atomic mass is 79.9. The van der Waals surface area contributed by atoms with Crippen molar-refractivity contribution in [1.29, 1.82) is 0 Å². The Morgan fingerprint density at radius 3 is 2.67 bits per heavy atom. The number of rotatable bonds is 4. The number of Topliss-reactive ketones (excluding diaryl/α,β-unsaturated/α-hetero) is 1. The van der Waals surface area contributed by atoms with Crippen molar-refractivity contribution in [1.82, 2.24) is 4.98 Å². The molecular weight excluding hydrogens is 292 g/mol. The SMILES string of the molecule is NCC1CCC(C(=O)Cc2cncc(Br)c2)CC1. The molecule has 1 aliphatic carbocycles. The minimum atomic E-state index is 0.229. The quantitative estimate of drug-likeness (QED) is 0.930. The van der Waals surface area contributed by atoms with Gasteiger partial charge in [-0.15, -0.1) is 0 Å². The second kappa shape index (κ2) is 6.43. The van der Waals surface area contributed by atoms with Gasteiger partial charge in [0.2, 0.25) is 0 Å². The third-order valence-electron chi connectivity index (χ3n) is 3.78. The van der Waals surface area contributed by atoms with E-state index in [1.165, 1.54) is 0 Å². The number of hydrogen-bond acceptors (Lipinski definition) is 3. The molecule has 0 atom stereocenters. The van der Waals surface area contributed by atoms with Crippen LogP contribution in [0.3, 0.4) is 0 Å². The lowest BCUT2D eigenvalue weighted by atomic mass is 9.79. The molecule has 1 heterocycles. The Hall–Kier alpha value is -0.740. The Morgan fingerprint density at radius 1 is 1.33 bits per heavy atom. The van der Waals surface area contributed by atoms with Crippen LogP contribution < -0.4 is 5.73 Å². The monoisotopic (exact) mass is 310 g/mol. The molecule has 0 aromatic carbocycles. The Balaban J connectivity index is 1.89. The van der Waals surface area contributed by atoms with E-state index in [9.17, 15) is 4.79 Å². The molecule has 0 saturated heterocycles. The molecule has 1 fully saturated rings. The van der Waals surface area contributed by atoms with Crippen LogP contribution in [-0.4, -0.2) is 17.3 Å². The van der Waals surface area contributed by atoms with E-state index in [0.717, 1.165) is 42.3 Å². The van der Waals surface area contributed by atoms with Crippen molar-refractivity contribution in [2.75, 3.05) is 6.54 Å². The predicted molar refractivity (Wildman–Crippen MR) is 75.2 cm³/mol. The van der Waals surface area contributed by atoms with Crippen LogP contribution in [0.25, 0.3) is 0 Å². The first-order valence-corrected chi connectivity index (χ1v) is 7.30. The van der Waals surface area contributed by atoms with Gasteiger partial charge in [0, 0.05) is 29.2 Å². The van der Waals surface area contributed by atoms with E-state index < -0.39 is 0 Å². The summed E-state index contributed by atoms with van der Waals surface area (Å²) in [4.78, 5) is 16.3. The van der Waals surface area contributed by atoms with Crippen molar-refractivity contribution in [3.8, 4) is 0 Å². The average molecular weight is 311 g/mol. The number of carbonyl (C=O) groups excluding carboxylic acids is 1. The molecule has 0 amide bonds. The van der Waals surface area contributed by atoms with Gasteiger partial charge in [0.15, 0.2) is 0 Å². The molecule has 3 nitrogen and oxygen atoms in total. The van der Waals surface area contributed by atoms with Crippen LogP contribution in [0.15, 0.2) is 22.9 Å². The molecule has 1 aromatic rings. The number of aromatic nitrogens is 1. The van der Waals surface area contributed by atoms with Crippen LogP contribution in [0.2, 0.25) is 0 Å². The summed E-state index contributed by atoms with van der Waals surface area (Å²) in [5, 5.41) is 0. The van der Waals surface area contributed by atoms with Crippen LogP contribution in [0, 0.1) is 11.8 Å². The smallest absolute Gasteiger partial charge is 0.140 e. The first-order valence-electron chi connectivity index (χ1n) is 6.51. The normalized spacial score (nSPS) is 23.9. The fourth-order valence-electron chi connectivity index (χ4n) is 2.62. The zero-order valence-corrected chi connectivity index (χ0v) is 12.0. The van der Waals surface area contributed by atoms with Crippen LogP contribution in [0.5, 0.6) is 0 Å². The Morgan fingerprint density at radius 2 is 2.06 bits per heavy atom. The molecule has 98 valence electrons. The summed E-state index contributed by atoms with van der Waals surface area (Å²) in [5.41, 5.74) is 6.66. The molecule has 0 spiro atoms. The second-order valence-electron chi connectivity index (χ2n) is 5.11. The average Bonchev–Trinajstić information content (AvgIpc) is 2.39. The van der Waals surface area contributed by atoms with Gasteiger partial charge in [-0.2, -0.15) is 0 Å². The van der Waals surface area contributed by atoms with Crippen molar-refractivity contribution in [3.05, 3.63) is 28.5 Å². The maximum Gasteiger partial charge on any atom is 0.140 e. The Bertz CT molecular complexity index is 414. The number of carbonyl (C=O) groups is 1. The molecule has 0 unspecified atom stereocenters. The summed E-state index contributed by atoms with van der Waals surface area (Å²) < 4.78 is 0.930. The molecule has 2 N–H and O–H groups in total. The van der Waals surface area contributed by atoms with Crippen molar-refractivity contribution in [3.63, 3.8) is 0 Å². The Kier molecular flexibility index (Phi) is 4.89. The molecule has 0 aliphatic heterocycles. The van der Waals surface area contributed by atoms with Crippen molar-refractivity contribution >= 4 is 21.7 Å². The van der Waals surface area contributed by atoms with Gasteiger partial charge in [0.1, 0.15) is 5.78 Å². The topological polar surface area (TPSA) is 56.0 Å². The standard InChI is InChI=1S/C14H19BrN2O/c15-13-5-11(8-17-9-13)6-14(18)12-3-1-10(7-16)2-4-12/h5,8-10,12H,1-4,6-7,16H2. The highest BCUT2D eigenvalue weighted by Gasteiger charge is 2.25. The highest BCUT2D eigenvalue weighted by molar-refractivity contribution is 9.10. The summed E-state index contributed by atoms with van der Waals surface area (Å²) in [6.45, 7) is 0.760. The minimum absolute atomic E-state index is 0.229. The number of nitrogens with two attached hydrogens (primary N) is 1. The van der Waals surface area contributed by atoms with Crippen LogP contribution in [0.4, 0.5) is 0 Å². The van der Waals surface area contributed by atoms with Gasteiger partial charge < -0.3 is 5.73 Å². The fraction of sp³-hybridized carbons (Fsp3) is 0.571. The van der Waals surface area contributed by atoms with Crippen molar-refractivity contribution < 1.29 is 4.79 Å². The molecule has 1 aliphatic rings. The molecule has 0 bridgehead atoms. The maximum absolute atomic E-state index is 12.2. The number of pyridine rings is 1. The van der Waals surface area contributed by atoms with Gasteiger partial charge in [-0.1, -0.05) is 0 Å². The van der Waals surface area contributed by atoms with Gasteiger partial charge >= 0.3 is 0 Å². The molecule has 0 radical (unpaired) electrons. The molecule has 1 saturated carbocycles. The van der Waals surface area contributed by atoms with E-state index in [2.05, 4.69) is 20.9 Å². The molecule has 1 aromatic heterocycles. The highest BCUT2D eigenvalue weighted by Crippen LogP contribution is 2.29. The molecular formula is C14H19BrN2O. The van der Waals surface area contributed by atoms with Crippen molar-refractivity contribution in [2.24, 2.45) is 17.6 Å². The van der Waals surface area contributed by atoms with Gasteiger partial charge in [0.25, 0.3) is 0 Å². The van der Waals surface area contributed by atoms with E-state index in [1.807, 2.05) is 6.07 Å². The van der Waals surface area contributed by atoms with Gasteiger partial charge in [-0.25, -0.2) is 0 Å². The summed E-state index contributed by atoms with van der Waals surface area (Å²) in [6, 6.07) is 1.97. The molecule has 2 rings (SSSR count). The zero-order valence-electron chi connectivity index (χ0n) is 10.4. The predicted octanol–water partition coefficient (Wildman–Crippen LogP) is 2.72. The van der Waals surface area contributed by atoms with Gasteiger partial charge in [-0.05, 0) is 65.7 Å². The zero-order chi connectivity index (χ0) is 13.0. The lowest BCUT2D eigenvalue weighted by Crippen LogP contribution is -2.26. The van der Waals surface area contributed by atoms with Gasteiger partial charge in [-0.3, -0.25) is 9.78 Å². The largest absolute Gasteiger partial charge is 0.330 e. The van der Waals surface area contributed by atoms with E-state index in [4.69, 9.17) is 5.73 Å². The second-order valence-corrected chi connectivity index (χ2v) is 6.02. The van der Waals surface area contributed by atoms with E-state index in [-0.39, 0.29) is 5.92 Å². The number of ketones is 1. The molecule has 4 heteroatoms. The molecule has 18 heavy (non-hydrogen) atoms. The summed E-state index contributed by atoms with van der Waals surface area (Å²) in [5.74, 6) is 1.21. The third kappa shape index (κ3) is 3.62. The van der Waals surface area contributed by atoms with Crippen LogP contribution in [-0.2, 0) is 11.2 Å². The minimum Gasteiger partial charge on any atom is -0.330 e. The summed E-state index contributed by atoms with van der Waals surface area (Å²) >= 11 is 3.38. The lowest BCUT2D eigenvalue weighted by molar-refractivity contribution is -0.123. The number of hydrogen-bond donors (Lipinski definition) is 1. The van der Waals surface area contributed by atoms with E-state index >= 15 is 0 Å². The van der Waals surface area contributed by atoms with E-state index in [1.54, 1.807) is 12.4 Å². The summed E-state index contributed by atoms with van der Waals surface area (Å²) in [7, 11) is 0. The lowest BCUT2D eigenvalue weighted by Gasteiger charge is -2.26. The summed E-state index contributed by atoms with van der Waals surface area (Å²) in [6.07, 6.45) is 8.22.